The molecule has 0 unspecified atom stereocenters. The minimum atomic E-state index is -2.88. The van der Waals surface area contributed by atoms with Crippen molar-refractivity contribution in [2.24, 2.45) is 0 Å². The Balaban J connectivity index is 1.79. The molecule has 2 aromatic rings. The third kappa shape index (κ3) is 6.63. The van der Waals surface area contributed by atoms with Gasteiger partial charge in [0.1, 0.15) is 22.8 Å². The molecule has 2 rings (SSSR count). The van der Waals surface area contributed by atoms with Gasteiger partial charge in [-0.15, -0.1) is 0 Å². The number of methoxy groups -OCH3 is 2. The predicted octanol–water partition coefficient (Wildman–Crippen LogP) is 2.82. The van der Waals surface area contributed by atoms with Crippen molar-refractivity contribution < 1.29 is 37.3 Å². The standard InChI is InChI=1S/C20H21F2NO6/c1-26-15-4-3-5-16(27-2)18(15)19(25)28-12-17(24)23-11-10-13-6-8-14(9-7-13)29-20(21)22/h3-9,20H,10-12H2,1-2H3,(H,23,24). The number of halogens is 2. The fraction of sp³-hybridized carbons (Fsp3) is 0.300. The molecule has 0 aliphatic carbocycles. The van der Waals surface area contributed by atoms with E-state index in [-0.39, 0.29) is 29.4 Å². The first kappa shape index (κ1) is 21.9. The highest BCUT2D eigenvalue weighted by Gasteiger charge is 2.20. The highest BCUT2D eigenvalue weighted by molar-refractivity contribution is 5.96. The van der Waals surface area contributed by atoms with Crippen molar-refractivity contribution in [2.75, 3.05) is 27.4 Å². The molecule has 0 saturated carbocycles. The number of hydrogen-bond acceptors (Lipinski definition) is 6. The Hall–Kier alpha value is -3.36. The van der Waals surface area contributed by atoms with E-state index in [1.54, 1.807) is 30.3 Å². The summed E-state index contributed by atoms with van der Waals surface area (Å²) in [6, 6.07) is 10.9. The van der Waals surface area contributed by atoms with Gasteiger partial charge in [0.25, 0.3) is 5.91 Å². The van der Waals surface area contributed by atoms with Gasteiger partial charge in [-0.2, -0.15) is 8.78 Å². The van der Waals surface area contributed by atoms with Gasteiger partial charge < -0.3 is 24.3 Å². The van der Waals surface area contributed by atoms with Crippen LogP contribution in [-0.2, 0) is 16.0 Å². The third-order valence-corrected chi connectivity index (χ3v) is 3.85. The van der Waals surface area contributed by atoms with Crippen LogP contribution in [0.1, 0.15) is 15.9 Å². The summed E-state index contributed by atoms with van der Waals surface area (Å²) in [6.07, 6.45) is 0.467. The molecular formula is C20H21F2NO6. The average Bonchev–Trinajstić information content (AvgIpc) is 2.72. The summed E-state index contributed by atoms with van der Waals surface area (Å²) in [4.78, 5) is 24.2. The fourth-order valence-corrected chi connectivity index (χ4v) is 2.49. The van der Waals surface area contributed by atoms with E-state index in [0.717, 1.165) is 5.56 Å². The van der Waals surface area contributed by atoms with Crippen molar-refractivity contribution >= 4 is 11.9 Å². The van der Waals surface area contributed by atoms with E-state index in [0.29, 0.717) is 6.42 Å². The molecule has 0 atom stereocenters. The molecule has 156 valence electrons. The Morgan fingerprint density at radius 3 is 2.17 bits per heavy atom. The molecule has 1 N–H and O–H groups in total. The molecule has 2 aromatic carbocycles. The van der Waals surface area contributed by atoms with Gasteiger partial charge in [-0.05, 0) is 36.2 Å². The number of ether oxygens (including phenoxy) is 4. The minimum Gasteiger partial charge on any atom is -0.496 e. The Labute approximate surface area is 166 Å². The SMILES string of the molecule is COc1cccc(OC)c1C(=O)OCC(=O)NCCc1ccc(OC(F)F)cc1. The summed E-state index contributed by atoms with van der Waals surface area (Å²) in [5.74, 6) is -0.622. The summed E-state index contributed by atoms with van der Waals surface area (Å²) >= 11 is 0. The third-order valence-electron chi connectivity index (χ3n) is 3.85. The molecule has 7 nitrogen and oxygen atoms in total. The van der Waals surface area contributed by atoms with Gasteiger partial charge >= 0.3 is 12.6 Å². The molecule has 0 saturated heterocycles. The second kappa shape index (κ2) is 10.8. The highest BCUT2D eigenvalue weighted by atomic mass is 19.3. The summed E-state index contributed by atoms with van der Waals surface area (Å²) < 4.78 is 43.8. The van der Waals surface area contributed by atoms with Crippen LogP contribution in [0.4, 0.5) is 8.78 Å². The summed E-state index contributed by atoms with van der Waals surface area (Å²) in [5, 5.41) is 2.61. The van der Waals surface area contributed by atoms with E-state index in [1.165, 1.54) is 26.4 Å². The predicted molar refractivity (Wildman–Crippen MR) is 99.6 cm³/mol. The lowest BCUT2D eigenvalue weighted by atomic mass is 10.1. The topological polar surface area (TPSA) is 83.1 Å². The zero-order valence-electron chi connectivity index (χ0n) is 15.9. The van der Waals surface area contributed by atoms with Gasteiger partial charge in [0.05, 0.1) is 14.2 Å². The first-order chi connectivity index (χ1) is 13.9. The van der Waals surface area contributed by atoms with Crippen molar-refractivity contribution in [3.8, 4) is 17.2 Å². The van der Waals surface area contributed by atoms with E-state index in [9.17, 15) is 18.4 Å². The number of carbonyl (C=O) groups excluding carboxylic acids is 2. The van der Waals surface area contributed by atoms with Gasteiger partial charge in [-0.1, -0.05) is 18.2 Å². The van der Waals surface area contributed by atoms with Crippen LogP contribution in [-0.4, -0.2) is 45.9 Å². The molecular weight excluding hydrogens is 388 g/mol. The van der Waals surface area contributed by atoms with Gasteiger partial charge in [0, 0.05) is 6.54 Å². The van der Waals surface area contributed by atoms with Crippen LogP contribution in [0.3, 0.4) is 0 Å². The molecule has 9 heteroatoms. The molecule has 0 spiro atoms. The zero-order valence-corrected chi connectivity index (χ0v) is 15.9. The largest absolute Gasteiger partial charge is 0.496 e. The zero-order chi connectivity index (χ0) is 21.2. The lowest BCUT2D eigenvalue weighted by molar-refractivity contribution is -0.124. The van der Waals surface area contributed by atoms with Crippen molar-refractivity contribution in [3.05, 3.63) is 53.6 Å². The number of rotatable bonds is 10. The van der Waals surface area contributed by atoms with Gasteiger partial charge in [0.15, 0.2) is 6.61 Å². The van der Waals surface area contributed by atoms with Gasteiger partial charge in [-0.25, -0.2) is 4.79 Å². The molecule has 0 radical (unpaired) electrons. The number of nitrogens with one attached hydrogen (secondary N) is 1. The Morgan fingerprint density at radius 1 is 1.00 bits per heavy atom. The normalized spacial score (nSPS) is 10.4. The van der Waals surface area contributed by atoms with Gasteiger partial charge in [-0.3, -0.25) is 4.79 Å². The number of amides is 1. The van der Waals surface area contributed by atoms with Crippen molar-refractivity contribution in [3.63, 3.8) is 0 Å². The maximum atomic E-state index is 12.3. The second-order valence-corrected chi connectivity index (χ2v) is 5.74. The first-order valence-corrected chi connectivity index (χ1v) is 8.63. The molecule has 0 fully saturated rings. The molecule has 29 heavy (non-hydrogen) atoms. The van der Waals surface area contributed by atoms with E-state index in [2.05, 4.69) is 10.1 Å². The van der Waals surface area contributed by atoms with Gasteiger partial charge in [0.2, 0.25) is 0 Å². The summed E-state index contributed by atoms with van der Waals surface area (Å²) in [5.41, 5.74) is 0.916. The number of hydrogen-bond donors (Lipinski definition) is 1. The van der Waals surface area contributed by atoms with E-state index < -0.39 is 25.1 Å². The Bertz CT molecular complexity index is 804. The van der Waals surface area contributed by atoms with E-state index in [1.807, 2.05) is 0 Å². The highest BCUT2D eigenvalue weighted by Crippen LogP contribution is 2.28. The number of esters is 1. The molecule has 0 aliphatic heterocycles. The quantitative estimate of drug-likeness (QED) is 0.608. The lowest BCUT2D eigenvalue weighted by Gasteiger charge is -2.12. The van der Waals surface area contributed by atoms with E-state index in [4.69, 9.17) is 14.2 Å². The monoisotopic (exact) mass is 409 g/mol. The fourth-order valence-electron chi connectivity index (χ4n) is 2.49. The molecule has 0 heterocycles. The van der Waals surface area contributed by atoms with Crippen LogP contribution in [0.5, 0.6) is 17.2 Å². The summed E-state index contributed by atoms with van der Waals surface area (Å²) in [7, 11) is 2.81. The van der Waals surface area contributed by atoms with Crippen molar-refractivity contribution in [2.45, 2.75) is 13.0 Å². The van der Waals surface area contributed by atoms with Crippen LogP contribution in [0.15, 0.2) is 42.5 Å². The lowest BCUT2D eigenvalue weighted by Crippen LogP contribution is -2.30. The maximum absolute atomic E-state index is 12.3. The summed E-state index contributed by atoms with van der Waals surface area (Å²) in [6.45, 7) is -3.07. The van der Waals surface area contributed by atoms with E-state index >= 15 is 0 Å². The van der Waals surface area contributed by atoms with Crippen LogP contribution >= 0.6 is 0 Å². The number of carbonyl (C=O) groups is 2. The smallest absolute Gasteiger partial charge is 0.387 e. The van der Waals surface area contributed by atoms with Crippen LogP contribution in [0.2, 0.25) is 0 Å². The Kier molecular flexibility index (Phi) is 8.20. The molecule has 1 amide bonds. The molecule has 0 aliphatic rings. The van der Waals surface area contributed by atoms with Crippen molar-refractivity contribution in [1.29, 1.82) is 0 Å². The maximum Gasteiger partial charge on any atom is 0.387 e. The molecule has 0 bridgehead atoms. The number of benzene rings is 2. The Morgan fingerprint density at radius 2 is 1.62 bits per heavy atom. The second-order valence-electron chi connectivity index (χ2n) is 5.74. The first-order valence-electron chi connectivity index (χ1n) is 8.63. The number of alkyl halides is 2. The van der Waals surface area contributed by atoms with Crippen molar-refractivity contribution in [1.82, 2.24) is 5.32 Å². The van der Waals surface area contributed by atoms with Crippen LogP contribution < -0.4 is 19.5 Å². The molecule has 0 aromatic heterocycles. The average molecular weight is 409 g/mol. The minimum absolute atomic E-state index is 0.0615. The van der Waals surface area contributed by atoms with Crippen LogP contribution in [0, 0.1) is 0 Å². The van der Waals surface area contributed by atoms with Crippen LogP contribution in [0.25, 0.3) is 0 Å².